The van der Waals surface area contributed by atoms with Crippen LogP contribution in [-0.2, 0) is 6.42 Å². The van der Waals surface area contributed by atoms with E-state index in [1.165, 1.54) is 16.9 Å². The van der Waals surface area contributed by atoms with Crippen LogP contribution in [0.1, 0.15) is 23.7 Å². The highest BCUT2D eigenvalue weighted by atomic mass is 35.5. The van der Waals surface area contributed by atoms with E-state index in [0.717, 1.165) is 24.2 Å². The number of hydrogen-bond donors (Lipinski definition) is 0. The molecule has 23 heavy (non-hydrogen) atoms. The number of ether oxygens (including phenoxy) is 2. The van der Waals surface area contributed by atoms with Crippen LogP contribution in [0.5, 0.6) is 16.7 Å². The SMILES string of the molecule is Clc1c(Oc2nccs2)ccc2c1CCC(c1ccccc1)O2. The van der Waals surface area contributed by atoms with Crippen molar-refractivity contribution in [3.8, 4) is 16.7 Å². The molecule has 0 aliphatic carbocycles. The topological polar surface area (TPSA) is 31.4 Å². The third-order valence-corrected chi connectivity index (χ3v) is 4.93. The van der Waals surface area contributed by atoms with Crippen molar-refractivity contribution in [2.75, 3.05) is 0 Å². The summed E-state index contributed by atoms with van der Waals surface area (Å²) < 4.78 is 11.9. The van der Waals surface area contributed by atoms with Gasteiger partial charge in [-0.25, -0.2) is 4.98 Å². The Morgan fingerprint density at radius 2 is 2.04 bits per heavy atom. The molecule has 0 fully saturated rings. The first-order valence-corrected chi connectivity index (χ1v) is 8.67. The van der Waals surface area contributed by atoms with Gasteiger partial charge in [-0.15, -0.1) is 0 Å². The van der Waals surface area contributed by atoms with Crippen molar-refractivity contribution in [3.05, 3.63) is 70.2 Å². The maximum Gasteiger partial charge on any atom is 0.278 e. The Hall–Kier alpha value is -2.04. The zero-order valence-electron chi connectivity index (χ0n) is 12.2. The van der Waals surface area contributed by atoms with Crippen molar-refractivity contribution in [1.82, 2.24) is 4.98 Å². The molecule has 0 saturated heterocycles. The largest absolute Gasteiger partial charge is 0.485 e. The second kappa shape index (κ2) is 6.22. The van der Waals surface area contributed by atoms with Crippen LogP contribution >= 0.6 is 22.9 Å². The Labute approximate surface area is 143 Å². The van der Waals surface area contributed by atoms with Gasteiger partial charge in [-0.3, -0.25) is 0 Å². The van der Waals surface area contributed by atoms with Gasteiger partial charge in [0.25, 0.3) is 5.19 Å². The molecule has 2 heterocycles. The summed E-state index contributed by atoms with van der Waals surface area (Å²) in [6.07, 6.45) is 3.55. The van der Waals surface area contributed by atoms with E-state index in [9.17, 15) is 0 Å². The quantitative estimate of drug-likeness (QED) is 0.615. The molecule has 1 atom stereocenters. The first-order valence-electron chi connectivity index (χ1n) is 7.41. The van der Waals surface area contributed by atoms with Crippen LogP contribution in [0.25, 0.3) is 0 Å². The molecule has 2 aromatic carbocycles. The smallest absolute Gasteiger partial charge is 0.278 e. The van der Waals surface area contributed by atoms with E-state index in [-0.39, 0.29) is 6.10 Å². The fourth-order valence-electron chi connectivity index (χ4n) is 2.75. The van der Waals surface area contributed by atoms with Gasteiger partial charge < -0.3 is 9.47 Å². The molecule has 0 spiro atoms. The van der Waals surface area contributed by atoms with Crippen molar-refractivity contribution in [3.63, 3.8) is 0 Å². The van der Waals surface area contributed by atoms with Crippen LogP contribution in [0.15, 0.2) is 54.0 Å². The average Bonchev–Trinajstić information content (AvgIpc) is 3.11. The van der Waals surface area contributed by atoms with Gasteiger partial charge in [-0.1, -0.05) is 53.3 Å². The summed E-state index contributed by atoms with van der Waals surface area (Å²) in [6, 6.07) is 14.0. The third kappa shape index (κ3) is 2.92. The summed E-state index contributed by atoms with van der Waals surface area (Å²) in [5.41, 5.74) is 2.20. The molecule has 1 aliphatic heterocycles. The van der Waals surface area contributed by atoms with Gasteiger partial charge in [0.1, 0.15) is 17.6 Å². The normalized spacial score (nSPS) is 16.5. The van der Waals surface area contributed by atoms with E-state index in [0.29, 0.717) is 16.0 Å². The molecule has 0 N–H and O–H groups in total. The van der Waals surface area contributed by atoms with Crippen molar-refractivity contribution in [2.24, 2.45) is 0 Å². The molecule has 0 amide bonds. The predicted octanol–water partition coefficient (Wildman–Crippen LogP) is 5.66. The maximum atomic E-state index is 6.51. The Morgan fingerprint density at radius 3 is 2.83 bits per heavy atom. The lowest BCUT2D eigenvalue weighted by Crippen LogP contribution is -2.15. The monoisotopic (exact) mass is 343 g/mol. The molecule has 1 aromatic heterocycles. The van der Waals surface area contributed by atoms with Gasteiger partial charge in [0, 0.05) is 17.1 Å². The third-order valence-electron chi connectivity index (χ3n) is 3.87. The molecule has 5 heteroatoms. The van der Waals surface area contributed by atoms with E-state index in [1.807, 2.05) is 35.7 Å². The van der Waals surface area contributed by atoms with Crippen LogP contribution in [-0.4, -0.2) is 4.98 Å². The zero-order valence-corrected chi connectivity index (χ0v) is 13.8. The fourth-order valence-corrected chi connectivity index (χ4v) is 3.54. The van der Waals surface area contributed by atoms with Crippen LogP contribution < -0.4 is 9.47 Å². The lowest BCUT2D eigenvalue weighted by atomic mass is 9.97. The van der Waals surface area contributed by atoms with Gasteiger partial charge >= 0.3 is 0 Å². The van der Waals surface area contributed by atoms with Gasteiger partial charge in [0.05, 0.1) is 5.02 Å². The van der Waals surface area contributed by atoms with Gasteiger partial charge in [0.15, 0.2) is 0 Å². The Morgan fingerprint density at radius 1 is 1.17 bits per heavy atom. The second-order valence-electron chi connectivity index (χ2n) is 5.31. The molecular weight excluding hydrogens is 330 g/mol. The van der Waals surface area contributed by atoms with Crippen molar-refractivity contribution >= 4 is 22.9 Å². The van der Waals surface area contributed by atoms with Crippen molar-refractivity contribution in [1.29, 1.82) is 0 Å². The van der Waals surface area contributed by atoms with Gasteiger partial charge in [-0.05, 0) is 30.5 Å². The molecule has 0 saturated carbocycles. The lowest BCUT2D eigenvalue weighted by Gasteiger charge is -2.27. The highest BCUT2D eigenvalue weighted by Gasteiger charge is 2.25. The Kier molecular flexibility index (Phi) is 3.93. The lowest BCUT2D eigenvalue weighted by molar-refractivity contribution is 0.176. The fraction of sp³-hybridized carbons (Fsp3) is 0.167. The molecule has 3 nitrogen and oxygen atoms in total. The summed E-state index contributed by atoms with van der Waals surface area (Å²) in [4.78, 5) is 4.12. The van der Waals surface area contributed by atoms with Crippen molar-refractivity contribution < 1.29 is 9.47 Å². The number of halogens is 1. The zero-order chi connectivity index (χ0) is 15.6. The van der Waals surface area contributed by atoms with E-state index >= 15 is 0 Å². The number of thiazole rings is 1. The molecule has 116 valence electrons. The molecular formula is C18H14ClNO2S. The number of fused-ring (bicyclic) bond motifs is 1. The summed E-state index contributed by atoms with van der Waals surface area (Å²) in [5.74, 6) is 1.46. The van der Waals surface area contributed by atoms with E-state index in [2.05, 4.69) is 17.1 Å². The number of benzene rings is 2. The number of nitrogens with zero attached hydrogens (tertiary/aromatic N) is 1. The molecule has 3 aromatic rings. The van der Waals surface area contributed by atoms with E-state index in [1.54, 1.807) is 6.20 Å². The second-order valence-corrected chi connectivity index (χ2v) is 6.55. The van der Waals surface area contributed by atoms with Gasteiger partial charge in [0.2, 0.25) is 0 Å². The molecule has 4 rings (SSSR count). The Bertz CT molecular complexity index is 805. The standard InChI is InChI=1S/C18H14ClNO2S/c19-17-13-6-7-14(12-4-2-1-3-5-12)21-15(13)8-9-16(17)22-18-20-10-11-23-18/h1-5,8-11,14H,6-7H2. The summed E-state index contributed by atoms with van der Waals surface area (Å²) >= 11 is 7.95. The number of hydrogen-bond acceptors (Lipinski definition) is 4. The van der Waals surface area contributed by atoms with Crippen LogP contribution in [0.2, 0.25) is 5.02 Å². The predicted molar refractivity (Wildman–Crippen MR) is 91.8 cm³/mol. The first-order chi connectivity index (χ1) is 11.3. The minimum Gasteiger partial charge on any atom is -0.485 e. The van der Waals surface area contributed by atoms with E-state index in [4.69, 9.17) is 21.1 Å². The molecule has 0 bridgehead atoms. The number of aromatic nitrogens is 1. The highest BCUT2D eigenvalue weighted by molar-refractivity contribution is 7.11. The molecule has 1 unspecified atom stereocenters. The van der Waals surface area contributed by atoms with Crippen LogP contribution in [0, 0.1) is 0 Å². The van der Waals surface area contributed by atoms with Crippen molar-refractivity contribution in [2.45, 2.75) is 18.9 Å². The average molecular weight is 344 g/mol. The molecule has 0 radical (unpaired) electrons. The van der Waals surface area contributed by atoms with E-state index < -0.39 is 0 Å². The highest BCUT2D eigenvalue weighted by Crippen LogP contribution is 2.43. The number of rotatable bonds is 3. The summed E-state index contributed by atoms with van der Waals surface area (Å²) in [6.45, 7) is 0. The summed E-state index contributed by atoms with van der Waals surface area (Å²) in [5, 5.41) is 3.07. The maximum absolute atomic E-state index is 6.51. The first kappa shape index (κ1) is 14.5. The van der Waals surface area contributed by atoms with Crippen LogP contribution in [0.4, 0.5) is 0 Å². The molecule has 1 aliphatic rings. The summed E-state index contributed by atoms with van der Waals surface area (Å²) in [7, 11) is 0. The van der Waals surface area contributed by atoms with Gasteiger partial charge in [-0.2, -0.15) is 0 Å². The minimum absolute atomic E-state index is 0.0745. The Balaban J connectivity index is 1.60. The minimum atomic E-state index is 0.0745. The van der Waals surface area contributed by atoms with Crippen LogP contribution in [0.3, 0.4) is 0 Å².